The Hall–Kier alpha value is -5.49. The number of para-hydroxylation sites is 1. The van der Waals surface area contributed by atoms with Crippen molar-refractivity contribution in [2.45, 2.75) is 37.4 Å². The van der Waals surface area contributed by atoms with E-state index in [-0.39, 0.29) is 25.8 Å². The summed E-state index contributed by atoms with van der Waals surface area (Å²) < 4.78 is 0. The molecule has 0 unspecified atom stereocenters. The first-order chi connectivity index (χ1) is 21.7. The Balaban J connectivity index is 1.62. The predicted molar refractivity (Wildman–Crippen MR) is 169 cm³/mol. The number of hydrogen-bond donors (Lipinski definition) is 7. The van der Waals surface area contributed by atoms with Gasteiger partial charge in [-0.05, 0) is 22.8 Å². The van der Waals surface area contributed by atoms with E-state index in [9.17, 15) is 24.0 Å². The summed E-state index contributed by atoms with van der Waals surface area (Å²) in [6.45, 7) is -0.725. The smallest absolute Gasteiger partial charge is 0.243 e. The average Bonchev–Trinajstić information content (AvgIpc) is 3.46. The van der Waals surface area contributed by atoms with Crippen LogP contribution < -0.4 is 32.7 Å². The Morgan fingerprint density at radius 1 is 0.644 bits per heavy atom. The molecule has 9 N–H and O–H groups in total. The number of carbonyl (C=O) groups is 5. The van der Waals surface area contributed by atoms with Crippen LogP contribution in [-0.4, -0.2) is 65.7 Å². The zero-order valence-corrected chi connectivity index (χ0v) is 24.6. The lowest BCUT2D eigenvalue weighted by atomic mass is 10.0. The van der Waals surface area contributed by atoms with Crippen LogP contribution in [-0.2, 0) is 43.2 Å². The second kappa shape index (κ2) is 15.8. The fraction of sp³-hybridized carbons (Fsp3) is 0.242. The van der Waals surface area contributed by atoms with E-state index in [0.29, 0.717) is 0 Å². The third kappa shape index (κ3) is 9.50. The Bertz CT molecular complexity index is 1620. The molecule has 12 nitrogen and oxygen atoms in total. The molecule has 3 atom stereocenters. The van der Waals surface area contributed by atoms with Gasteiger partial charge in [-0.25, -0.2) is 0 Å². The number of benzene rings is 3. The number of nitrogens with two attached hydrogens (primary N) is 2. The maximum absolute atomic E-state index is 13.9. The maximum atomic E-state index is 13.9. The average molecular weight is 612 g/mol. The van der Waals surface area contributed by atoms with E-state index in [1.807, 2.05) is 60.7 Å². The largest absolute Gasteiger partial charge is 0.368 e. The van der Waals surface area contributed by atoms with Gasteiger partial charge in [0.15, 0.2) is 0 Å². The molecule has 4 rings (SSSR count). The molecule has 234 valence electrons. The number of primary amides is 1. The first-order valence-electron chi connectivity index (χ1n) is 14.5. The number of rotatable bonds is 15. The van der Waals surface area contributed by atoms with Crippen molar-refractivity contribution in [3.63, 3.8) is 0 Å². The van der Waals surface area contributed by atoms with E-state index in [4.69, 9.17) is 11.5 Å². The molecule has 12 heteroatoms. The van der Waals surface area contributed by atoms with E-state index in [0.717, 1.165) is 27.6 Å². The third-order valence-corrected chi connectivity index (χ3v) is 7.20. The minimum atomic E-state index is -1.15. The van der Waals surface area contributed by atoms with Crippen LogP contribution in [0.25, 0.3) is 10.9 Å². The summed E-state index contributed by atoms with van der Waals surface area (Å²) in [5, 5.41) is 11.5. The Morgan fingerprint density at radius 3 is 1.71 bits per heavy atom. The fourth-order valence-corrected chi connectivity index (χ4v) is 4.94. The lowest BCUT2D eigenvalue weighted by molar-refractivity contribution is -0.133. The van der Waals surface area contributed by atoms with Gasteiger partial charge >= 0.3 is 0 Å². The van der Waals surface area contributed by atoms with Gasteiger partial charge in [-0.3, -0.25) is 24.0 Å². The quantitative estimate of drug-likeness (QED) is 0.100. The van der Waals surface area contributed by atoms with Gasteiger partial charge in [0, 0.05) is 36.4 Å². The molecule has 45 heavy (non-hydrogen) atoms. The van der Waals surface area contributed by atoms with Crippen LogP contribution in [0, 0.1) is 0 Å². The highest BCUT2D eigenvalue weighted by molar-refractivity contribution is 5.96. The molecule has 5 amide bonds. The lowest BCUT2D eigenvalue weighted by Gasteiger charge is -2.25. The number of aromatic nitrogens is 1. The molecule has 0 radical (unpaired) electrons. The summed E-state index contributed by atoms with van der Waals surface area (Å²) in [6, 6.07) is 22.4. The van der Waals surface area contributed by atoms with Crippen molar-refractivity contribution in [1.82, 2.24) is 26.3 Å². The van der Waals surface area contributed by atoms with Gasteiger partial charge in [0.1, 0.15) is 18.1 Å². The summed E-state index contributed by atoms with van der Waals surface area (Å²) in [4.78, 5) is 67.5. The van der Waals surface area contributed by atoms with Crippen LogP contribution in [0.2, 0.25) is 0 Å². The van der Waals surface area contributed by atoms with Crippen LogP contribution in [0.3, 0.4) is 0 Å². The normalized spacial score (nSPS) is 12.8. The molecular weight excluding hydrogens is 574 g/mol. The van der Waals surface area contributed by atoms with Crippen LogP contribution in [0.4, 0.5) is 0 Å². The highest BCUT2D eigenvalue weighted by Crippen LogP contribution is 2.19. The minimum Gasteiger partial charge on any atom is -0.368 e. The highest BCUT2D eigenvalue weighted by Gasteiger charge is 2.31. The Labute approximate surface area is 260 Å². The van der Waals surface area contributed by atoms with Gasteiger partial charge < -0.3 is 37.7 Å². The maximum Gasteiger partial charge on any atom is 0.243 e. The predicted octanol–water partition coefficient (Wildman–Crippen LogP) is 0.210. The topological polar surface area (TPSA) is 201 Å². The monoisotopic (exact) mass is 611 g/mol. The molecule has 0 aliphatic heterocycles. The first kappa shape index (κ1) is 32.4. The molecule has 1 aromatic heterocycles. The molecule has 0 aliphatic rings. The van der Waals surface area contributed by atoms with Crippen molar-refractivity contribution >= 4 is 40.4 Å². The number of carbonyl (C=O) groups excluding carboxylic acids is 5. The second-order valence-electron chi connectivity index (χ2n) is 10.6. The van der Waals surface area contributed by atoms with Gasteiger partial charge in [-0.15, -0.1) is 0 Å². The van der Waals surface area contributed by atoms with E-state index in [2.05, 4.69) is 26.3 Å². The number of hydrogen-bond acceptors (Lipinski definition) is 6. The number of nitrogens with one attached hydrogen (secondary N) is 5. The highest BCUT2D eigenvalue weighted by atomic mass is 16.2. The van der Waals surface area contributed by atoms with Crippen LogP contribution in [0.15, 0.2) is 91.1 Å². The molecule has 0 saturated carbocycles. The van der Waals surface area contributed by atoms with E-state index in [1.165, 1.54) is 0 Å². The third-order valence-electron chi connectivity index (χ3n) is 7.20. The van der Waals surface area contributed by atoms with Crippen molar-refractivity contribution in [3.05, 3.63) is 108 Å². The minimum absolute atomic E-state index is 0.0748. The van der Waals surface area contributed by atoms with Gasteiger partial charge in [0.2, 0.25) is 29.5 Å². The summed E-state index contributed by atoms with van der Waals surface area (Å²) in [5.41, 5.74) is 13.9. The first-order valence-corrected chi connectivity index (χ1v) is 14.5. The molecule has 4 aromatic rings. The zero-order valence-electron chi connectivity index (χ0n) is 24.6. The number of amides is 5. The molecule has 0 aliphatic carbocycles. The molecule has 1 heterocycles. The summed E-state index contributed by atoms with van der Waals surface area (Å²) >= 11 is 0. The zero-order chi connectivity index (χ0) is 32.2. The Kier molecular flexibility index (Phi) is 11.4. The second-order valence-corrected chi connectivity index (χ2v) is 10.6. The fourth-order valence-electron chi connectivity index (χ4n) is 4.94. The van der Waals surface area contributed by atoms with Gasteiger partial charge in [-0.1, -0.05) is 78.9 Å². The number of H-pyrrole nitrogens is 1. The molecular formula is C33H37N7O5. The summed E-state index contributed by atoms with van der Waals surface area (Å²) in [7, 11) is 0. The summed E-state index contributed by atoms with van der Waals surface area (Å²) in [6.07, 6.45) is 2.11. The standard InChI is InChI=1S/C33H37N7O5/c34-18-30(42)38-27(16-22-11-5-2-6-12-22)32(44)40-28(17-23-19-36-25-14-8-7-13-24(23)25)33(45)39-26(31(43)37-20-29(35)41)15-21-9-3-1-4-10-21/h1-14,19,26-28,36H,15-18,20,34H2,(H2,35,41)(H,37,43)(H,38,42)(H,39,45)(H,40,44)/t26-,27-,28-/m0/s1. The molecule has 0 spiro atoms. The van der Waals surface area contributed by atoms with E-state index >= 15 is 0 Å². The van der Waals surface area contributed by atoms with Crippen molar-refractivity contribution < 1.29 is 24.0 Å². The van der Waals surface area contributed by atoms with Crippen molar-refractivity contribution in [2.75, 3.05) is 13.1 Å². The molecule has 0 fully saturated rings. The number of aromatic amines is 1. The van der Waals surface area contributed by atoms with Crippen LogP contribution >= 0.6 is 0 Å². The lowest BCUT2D eigenvalue weighted by Crippen LogP contribution is -2.58. The summed E-state index contributed by atoms with van der Waals surface area (Å²) in [5.74, 6) is -3.11. The van der Waals surface area contributed by atoms with Crippen molar-refractivity contribution in [2.24, 2.45) is 11.5 Å². The molecule has 0 bridgehead atoms. The van der Waals surface area contributed by atoms with Crippen molar-refractivity contribution in [1.29, 1.82) is 0 Å². The SMILES string of the molecule is NCC(=O)N[C@@H](Cc1ccccc1)C(=O)N[C@@H](Cc1c[nH]c2ccccc12)C(=O)N[C@@H](Cc1ccccc1)C(=O)NCC(N)=O. The van der Waals surface area contributed by atoms with Crippen molar-refractivity contribution in [3.8, 4) is 0 Å². The number of fused-ring (bicyclic) bond motifs is 1. The molecule has 3 aromatic carbocycles. The molecule has 0 saturated heterocycles. The van der Waals surface area contributed by atoms with Gasteiger partial charge in [-0.2, -0.15) is 0 Å². The van der Waals surface area contributed by atoms with Crippen LogP contribution in [0.1, 0.15) is 16.7 Å². The van der Waals surface area contributed by atoms with E-state index in [1.54, 1.807) is 30.5 Å². The van der Waals surface area contributed by atoms with Crippen LogP contribution in [0.5, 0.6) is 0 Å². The van der Waals surface area contributed by atoms with E-state index < -0.39 is 54.2 Å². The van der Waals surface area contributed by atoms with Gasteiger partial charge in [0.25, 0.3) is 0 Å². The van der Waals surface area contributed by atoms with Gasteiger partial charge in [0.05, 0.1) is 13.1 Å². The Morgan fingerprint density at radius 2 is 1.16 bits per heavy atom.